The number of fused-ring (bicyclic) bond motifs is 1. The first kappa shape index (κ1) is 18.8. The van der Waals surface area contributed by atoms with Gasteiger partial charge in [0.05, 0.1) is 11.1 Å². The maximum absolute atomic E-state index is 12.1. The van der Waals surface area contributed by atoms with Crippen molar-refractivity contribution in [3.05, 3.63) is 64.4 Å². The Kier molecular flexibility index (Phi) is 6.01. The molecule has 1 aromatic heterocycles. The summed E-state index contributed by atoms with van der Waals surface area (Å²) in [6.07, 6.45) is 1.55. The van der Waals surface area contributed by atoms with Crippen LogP contribution in [-0.4, -0.2) is 21.8 Å². The lowest BCUT2D eigenvalue weighted by atomic mass is 10.1. The Balaban J connectivity index is 0.00000225. The third-order valence-corrected chi connectivity index (χ3v) is 3.77. The number of rotatable bonds is 4. The standard InChI is InChI=1S/C17H16ClN5O.ClH/c18-11-8-12(16(24)23-17(19)20)15-13(9-11)21-14(22-15)7-6-10-4-2-1-3-5-10;/h1-5,8-9H,6-7H2,(H,21,22)(H4,19,20,23,24);1H. The minimum atomic E-state index is -0.566. The Morgan fingerprint density at radius 3 is 2.56 bits per heavy atom. The molecule has 0 aliphatic rings. The van der Waals surface area contributed by atoms with Gasteiger partial charge in [-0.2, -0.15) is 4.99 Å². The summed E-state index contributed by atoms with van der Waals surface area (Å²) < 4.78 is 0. The number of benzene rings is 2. The zero-order valence-electron chi connectivity index (χ0n) is 13.2. The molecule has 1 heterocycles. The highest BCUT2D eigenvalue weighted by Gasteiger charge is 2.15. The van der Waals surface area contributed by atoms with Crippen LogP contribution < -0.4 is 11.5 Å². The Bertz CT molecular complexity index is 917. The number of nitrogens with zero attached hydrogens (tertiary/aromatic N) is 2. The molecule has 0 atom stereocenters. The number of aliphatic imine (C=N–C) groups is 1. The molecule has 0 aliphatic carbocycles. The van der Waals surface area contributed by atoms with Gasteiger partial charge in [0.25, 0.3) is 5.91 Å². The summed E-state index contributed by atoms with van der Waals surface area (Å²) in [5.41, 5.74) is 13.2. The number of hydrogen-bond donors (Lipinski definition) is 3. The number of imidazole rings is 1. The number of nitrogens with one attached hydrogen (secondary N) is 1. The van der Waals surface area contributed by atoms with E-state index in [2.05, 4.69) is 27.1 Å². The minimum Gasteiger partial charge on any atom is -0.370 e. The summed E-state index contributed by atoms with van der Waals surface area (Å²) in [4.78, 5) is 23.4. The molecule has 3 aromatic rings. The first-order valence-electron chi connectivity index (χ1n) is 7.39. The normalized spacial score (nSPS) is 10.3. The van der Waals surface area contributed by atoms with E-state index >= 15 is 0 Å². The lowest BCUT2D eigenvalue weighted by molar-refractivity contribution is 0.100. The molecule has 2 aromatic carbocycles. The summed E-state index contributed by atoms with van der Waals surface area (Å²) in [6.45, 7) is 0. The Hall–Kier alpha value is -2.57. The highest BCUT2D eigenvalue weighted by Crippen LogP contribution is 2.23. The van der Waals surface area contributed by atoms with Crippen LogP contribution in [0.3, 0.4) is 0 Å². The molecule has 5 N–H and O–H groups in total. The van der Waals surface area contributed by atoms with Crippen LogP contribution in [0.5, 0.6) is 0 Å². The number of carbonyl (C=O) groups excluding carboxylic acids is 1. The summed E-state index contributed by atoms with van der Waals surface area (Å²) in [6, 6.07) is 13.3. The average molecular weight is 378 g/mol. The molecular weight excluding hydrogens is 361 g/mol. The van der Waals surface area contributed by atoms with E-state index in [1.165, 1.54) is 11.6 Å². The number of carbonyl (C=O) groups is 1. The summed E-state index contributed by atoms with van der Waals surface area (Å²) in [5, 5.41) is 0.412. The van der Waals surface area contributed by atoms with Gasteiger partial charge in [-0.25, -0.2) is 4.98 Å². The summed E-state index contributed by atoms with van der Waals surface area (Å²) in [5.74, 6) is -0.0913. The molecule has 130 valence electrons. The van der Waals surface area contributed by atoms with Crippen LogP contribution in [-0.2, 0) is 12.8 Å². The number of nitrogens with two attached hydrogens (primary N) is 2. The van der Waals surface area contributed by atoms with Crippen molar-refractivity contribution >= 4 is 46.9 Å². The highest BCUT2D eigenvalue weighted by atomic mass is 35.5. The van der Waals surface area contributed by atoms with Gasteiger partial charge in [-0.1, -0.05) is 41.9 Å². The molecule has 25 heavy (non-hydrogen) atoms. The lowest BCUT2D eigenvalue weighted by Crippen LogP contribution is -2.24. The lowest BCUT2D eigenvalue weighted by Gasteiger charge is -1.99. The number of halogens is 2. The van der Waals surface area contributed by atoms with Crippen molar-refractivity contribution < 1.29 is 4.79 Å². The Morgan fingerprint density at radius 2 is 1.88 bits per heavy atom. The van der Waals surface area contributed by atoms with E-state index in [1.54, 1.807) is 6.07 Å². The van der Waals surface area contributed by atoms with E-state index in [9.17, 15) is 4.79 Å². The van der Waals surface area contributed by atoms with Crippen LogP contribution >= 0.6 is 24.0 Å². The third kappa shape index (κ3) is 4.49. The van der Waals surface area contributed by atoms with Crippen LogP contribution in [0.25, 0.3) is 11.0 Å². The van der Waals surface area contributed by atoms with Crippen LogP contribution in [0.1, 0.15) is 21.7 Å². The van der Waals surface area contributed by atoms with Gasteiger partial charge >= 0.3 is 0 Å². The number of H-pyrrole nitrogens is 1. The fraction of sp³-hybridized carbons (Fsp3) is 0.118. The molecule has 0 saturated heterocycles. The second kappa shape index (κ2) is 8.00. The van der Waals surface area contributed by atoms with E-state index in [1.807, 2.05) is 18.2 Å². The second-order valence-electron chi connectivity index (χ2n) is 5.36. The summed E-state index contributed by atoms with van der Waals surface area (Å²) in [7, 11) is 0. The number of amides is 1. The molecule has 8 heteroatoms. The fourth-order valence-corrected chi connectivity index (χ4v) is 2.72. The molecule has 0 saturated carbocycles. The number of hydrogen-bond acceptors (Lipinski definition) is 2. The third-order valence-electron chi connectivity index (χ3n) is 3.55. The number of guanidine groups is 1. The molecule has 0 unspecified atom stereocenters. The van der Waals surface area contributed by atoms with E-state index in [0.29, 0.717) is 22.5 Å². The first-order valence-corrected chi connectivity index (χ1v) is 7.77. The van der Waals surface area contributed by atoms with Gasteiger partial charge in [0.1, 0.15) is 11.3 Å². The van der Waals surface area contributed by atoms with E-state index in [-0.39, 0.29) is 23.9 Å². The van der Waals surface area contributed by atoms with Crippen LogP contribution in [0.15, 0.2) is 47.5 Å². The minimum absolute atomic E-state index is 0. The number of aromatic nitrogens is 2. The molecular formula is C17H17Cl2N5O. The molecule has 3 rings (SSSR count). The molecule has 0 radical (unpaired) electrons. The van der Waals surface area contributed by atoms with E-state index in [4.69, 9.17) is 23.1 Å². The zero-order valence-corrected chi connectivity index (χ0v) is 14.8. The van der Waals surface area contributed by atoms with Gasteiger partial charge in [-0.05, 0) is 24.1 Å². The van der Waals surface area contributed by atoms with Gasteiger partial charge in [0.2, 0.25) is 0 Å². The van der Waals surface area contributed by atoms with Crippen molar-refractivity contribution in [2.45, 2.75) is 12.8 Å². The van der Waals surface area contributed by atoms with Crippen molar-refractivity contribution in [3.8, 4) is 0 Å². The highest BCUT2D eigenvalue weighted by molar-refractivity contribution is 6.32. The average Bonchev–Trinajstić information content (AvgIpc) is 2.95. The molecule has 1 amide bonds. The van der Waals surface area contributed by atoms with Crippen molar-refractivity contribution in [3.63, 3.8) is 0 Å². The topological polar surface area (TPSA) is 110 Å². The largest absolute Gasteiger partial charge is 0.370 e. The van der Waals surface area contributed by atoms with Gasteiger partial charge in [-0.15, -0.1) is 12.4 Å². The Labute approximate surface area is 155 Å². The Morgan fingerprint density at radius 1 is 1.16 bits per heavy atom. The van der Waals surface area contributed by atoms with Crippen molar-refractivity contribution in [1.29, 1.82) is 0 Å². The monoisotopic (exact) mass is 377 g/mol. The summed E-state index contributed by atoms with van der Waals surface area (Å²) >= 11 is 6.08. The quantitative estimate of drug-likeness (QED) is 0.479. The van der Waals surface area contributed by atoms with E-state index in [0.717, 1.165) is 12.2 Å². The van der Waals surface area contributed by atoms with Crippen molar-refractivity contribution in [2.75, 3.05) is 0 Å². The SMILES string of the molecule is Cl.NC(N)=NC(=O)c1cc(Cl)cc2[nH]c(CCc3ccccc3)nc12. The second-order valence-corrected chi connectivity index (χ2v) is 5.80. The predicted molar refractivity (Wildman–Crippen MR) is 102 cm³/mol. The molecule has 0 aliphatic heterocycles. The molecule has 6 nitrogen and oxygen atoms in total. The zero-order chi connectivity index (χ0) is 17.1. The maximum Gasteiger partial charge on any atom is 0.282 e. The maximum atomic E-state index is 12.1. The van der Waals surface area contributed by atoms with Gasteiger partial charge in [-0.3, -0.25) is 4.79 Å². The van der Waals surface area contributed by atoms with Crippen molar-refractivity contribution in [1.82, 2.24) is 9.97 Å². The number of aromatic amines is 1. The molecule has 0 bridgehead atoms. The first-order chi connectivity index (χ1) is 11.5. The van der Waals surface area contributed by atoms with Crippen LogP contribution in [0.2, 0.25) is 5.02 Å². The van der Waals surface area contributed by atoms with Gasteiger partial charge < -0.3 is 16.5 Å². The predicted octanol–water partition coefficient (Wildman–Crippen LogP) is 2.84. The van der Waals surface area contributed by atoms with Gasteiger partial charge in [0, 0.05) is 11.4 Å². The van der Waals surface area contributed by atoms with E-state index < -0.39 is 5.91 Å². The molecule has 0 fully saturated rings. The molecule has 0 spiro atoms. The van der Waals surface area contributed by atoms with Crippen LogP contribution in [0.4, 0.5) is 0 Å². The fourth-order valence-electron chi connectivity index (χ4n) is 2.50. The smallest absolute Gasteiger partial charge is 0.282 e. The number of aryl methyl sites for hydroxylation is 2. The van der Waals surface area contributed by atoms with Gasteiger partial charge in [0.15, 0.2) is 5.96 Å². The van der Waals surface area contributed by atoms with Crippen LogP contribution in [0, 0.1) is 0 Å². The van der Waals surface area contributed by atoms with Crippen molar-refractivity contribution in [2.24, 2.45) is 16.5 Å².